The molecule has 0 saturated carbocycles. The van der Waals surface area contributed by atoms with Crippen LogP contribution in [0, 0.1) is 0 Å². The van der Waals surface area contributed by atoms with Crippen molar-refractivity contribution in [1.29, 1.82) is 0 Å². The average molecular weight is 351 g/mol. The molecule has 0 radical (unpaired) electrons. The van der Waals surface area contributed by atoms with E-state index in [4.69, 9.17) is 9.52 Å². The van der Waals surface area contributed by atoms with Crippen molar-refractivity contribution in [2.45, 2.75) is 31.8 Å². The van der Waals surface area contributed by atoms with Gasteiger partial charge in [-0.05, 0) is 49.2 Å². The van der Waals surface area contributed by atoms with Gasteiger partial charge in [0.2, 0.25) is 0 Å². The van der Waals surface area contributed by atoms with Gasteiger partial charge in [-0.1, -0.05) is 18.2 Å². The first kappa shape index (κ1) is 17.1. The van der Waals surface area contributed by atoms with Gasteiger partial charge in [-0.25, -0.2) is 0 Å². The number of hydrogen-bond donors (Lipinski definition) is 1. The highest BCUT2D eigenvalue weighted by atomic mass is 16.3. The van der Waals surface area contributed by atoms with Crippen LogP contribution in [-0.4, -0.2) is 39.5 Å². The summed E-state index contributed by atoms with van der Waals surface area (Å²) >= 11 is 0. The van der Waals surface area contributed by atoms with Crippen LogP contribution in [0.3, 0.4) is 0 Å². The summed E-state index contributed by atoms with van der Waals surface area (Å²) in [5.74, 6) is 1.38. The average Bonchev–Trinajstić information content (AvgIpc) is 3.35. The van der Waals surface area contributed by atoms with E-state index in [0.717, 1.165) is 36.7 Å². The Labute approximate surface area is 153 Å². The van der Waals surface area contributed by atoms with Crippen LogP contribution >= 0.6 is 0 Å². The van der Waals surface area contributed by atoms with Gasteiger partial charge in [0.15, 0.2) is 0 Å². The molecule has 1 saturated heterocycles. The Hall–Kier alpha value is -2.37. The van der Waals surface area contributed by atoms with E-state index in [1.807, 2.05) is 23.0 Å². The van der Waals surface area contributed by atoms with Gasteiger partial charge < -0.3 is 9.52 Å². The number of aromatic nitrogens is 2. The molecule has 5 heteroatoms. The number of aliphatic hydroxyl groups excluding tert-OH is 1. The Bertz CT molecular complexity index is 825. The highest BCUT2D eigenvalue weighted by molar-refractivity contribution is 5.58. The zero-order chi connectivity index (χ0) is 17.8. The highest BCUT2D eigenvalue weighted by Crippen LogP contribution is 2.27. The zero-order valence-electron chi connectivity index (χ0n) is 14.9. The molecule has 1 N–H and O–H groups in total. The zero-order valence-corrected chi connectivity index (χ0v) is 14.9. The van der Waals surface area contributed by atoms with E-state index in [9.17, 15) is 0 Å². The summed E-state index contributed by atoms with van der Waals surface area (Å²) in [6, 6.07) is 14.6. The molecule has 4 rings (SSSR count). The molecule has 3 heterocycles. The molecule has 1 aliphatic rings. The van der Waals surface area contributed by atoms with Crippen LogP contribution < -0.4 is 0 Å². The monoisotopic (exact) mass is 351 g/mol. The minimum atomic E-state index is 0.129. The van der Waals surface area contributed by atoms with Crippen molar-refractivity contribution >= 4 is 0 Å². The smallest absolute Gasteiger partial charge is 0.133 e. The maximum atomic E-state index is 9.06. The molecule has 3 aromatic rings. The summed E-state index contributed by atoms with van der Waals surface area (Å²) in [5, 5.41) is 13.7. The van der Waals surface area contributed by atoms with Gasteiger partial charge in [0.05, 0.1) is 25.1 Å². The number of piperidine rings is 1. The first-order valence-electron chi connectivity index (χ1n) is 9.31. The van der Waals surface area contributed by atoms with Crippen LogP contribution in [0.4, 0.5) is 0 Å². The van der Waals surface area contributed by atoms with Crippen LogP contribution in [0.1, 0.15) is 30.0 Å². The first-order valence-corrected chi connectivity index (χ1v) is 9.31. The van der Waals surface area contributed by atoms with E-state index in [-0.39, 0.29) is 6.61 Å². The molecule has 0 amide bonds. The summed E-state index contributed by atoms with van der Waals surface area (Å²) in [7, 11) is 0. The number of likely N-dealkylation sites (tertiary alicyclic amines) is 1. The lowest BCUT2D eigenvalue weighted by Crippen LogP contribution is -2.34. The molecular formula is C21H25N3O2. The lowest BCUT2D eigenvalue weighted by molar-refractivity contribution is 0.197. The molecular weight excluding hydrogens is 326 g/mol. The topological polar surface area (TPSA) is 54.4 Å². The normalized spacial score (nSPS) is 18.3. The van der Waals surface area contributed by atoms with Gasteiger partial charge in [0, 0.05) is 30.8 Å². The lowest BCUT2D eigenvalue weighted by atomic mass is 9.94. The second-order valence-electron chi connectivity index (χ2n) is 6.98. The quantitative estimate of drug-likeness (QED) is 0.738. The van der Waals surface area contributed by atoms with Gasteiger partial charge >= 0.3 is 0 Å². The maximum Gasteiger partial charge on any atom is 0.133 e. The maximum absolute atomic E-state index is 9.06. The summed E-state index contributed by atoms with van der Waals surface area (Å²) < 4.78 is 7.35. The van der Waals surface area contributed by atoms with Gasteiger partial charge in [-0.15, -0.1) is 0 Å². The number of hydrogen-bond acceptors (Lipinski definition) is 4. The van der Waals surface area contributed by atoms with E-state index in [2.05, 4.69) is 40.3 Å². The van der Waals surface area contributed by atoms with Crippen molar-refractivity contribution in [3.8, 4) is 11.3 Å². The predicted octanol–water partition coefficient (Wildman–Crippen LogP) is 3.52. The van der Waals surface area contributed by atoms with Crippen molar-refractivity contribution in [2.24, 2.45) is 0 Å². The molecule has 2 aromatic heterocycles. The van der Waals surface area contributed by atoms with E-state index < -0.39 is 0 Å². The number of rotatable bonds is 6. The van der Waals surface area contributed by atoms with Crippen LogP contribution in [0.5, 0.6) is 0 Å². The van der Waals surface area contributed by atoms with E-state index in [1.54, 1.807) is 6.26 Å². The van der Waals surface area contributed by atoms with Gasteiger partial charge in [0.1, 0.15) is 5.76 Å². The molecule has 1 fully saturated rings. The van der Waals surface area contributed by atoms with Crippen LogP contribution in [-0.2, 0) is 13.1 Å². The Morgan fingerprint density at radius 1 is 1.19 bits per heavy atom. The van der Waals surface area contributed by atoms with Crippen molar-refractivity contribution in [3.05, 3.63) is 66.2 Å². The van der Waals surface area contributed by atoms with Crippen molar-refractivity contribution in [1.82, 2.24) is 14.7 Å². The number of nitrogens with zero attached hydrogens (tertiary/aromatic N) is 3. The number of furan rings is 1. The summed E-state index contributed by atoms with van der Waals surface area (Å²) in [6.07, 6.45) is 6.05. The Morgan fingerprint density at radius 3 is 3.00 bits per heavy atom. The molecule has 0 unspecified atom stereocenters. The summed E-state index contributed by atoms with van der Waals surface area (Å²) in [4.78, 5) is 2.51. The molecule has 26 heavy (non-hydrogen) atoms. The van der Waals surface area contributed by atoms with Crippen molar-refractivity contribution in [3.63, 3.8) is 0 Å². The van der Waals surface area contributed by atoms with Crippen LogP contribution in [0.15, 0.2) is 59.3 Å². The lowest BCUT2D eigenvalue weighted by Gasteiger charge is -2.32. The van der Waals surface area contributed by atoms with E-state index >= 15 is 0 Å². The first-order chi connectivity index (χ1) is 12.8. The fraction of sp³-hybridized carbons (Fsp3) is 0.381. The summed E-state index contributed by atoms with van der Waals surface area (Å²) in [6.45, 7) is 3.79. The molecule has 1 atom stereocenters. The Balaban J connectivity index is 1.42. The van der Waals surface area contributed by atoms with E-state index in [0.29, 0.717) is 12.5 Å². The molecule has 0 spiro atoms. The molecule has 1 aromatic carbocycles. The standard InChI is InChI=1S/C21H25N3O2/c25-12-11-24-10-8-20(22-24)19-6-2-9-23(16-19)15-17-4-1-5-18(14-17)21-7-3-13-26-21/h1,3-5,7-8,10,13-14,19,25H,2,6,9,11-12,15-16H2/t19-/m0/s1. The SMILES string of the molecule is OCCn1ccc([C@H]2CCCN(Cc3cccc(-c4ccco4)c3)C2)n1. The largest absolute Gasteiger partial charge is 0.464 e. The van der Waals surface area contributed by atoms with Gasteiger partial charge in [-0.3, -0.25) is 9.58 Å². The molecule has 5 nitrogen and oxygen atoms in total. The second-order valence-corrected chi connectivity index (χ2v) is 6.98. The summed E-state index contributed by atoms with van der Waals surface area (Å²) in [5.41, 5.74) is 3.58. The number of benzene rings is 1. The third kappa shape index (κ3) is 3.89. The molecule has 0 aliphatic carbocycles. The van der Waals surface area contributed by atoms with Gasteiger partial charge in [0.25, 0.3) is 0 Å². The van der Waals surface area contributed by atoms with Gasteiger partial charge in [-0.2, -0.15) is 5.10 Å². The Kier molecular flexibility index (Phi) is 5.18. The fourth-order valence-corrected chi connectivity index (χ4v) is 3.79. The molecule has 1 aliphatic heterocycles. The minimum absolute atomic E-state index is 0.129. The second kappa shape index (κ2) is 7.89. The van der Waals surface area contributed by atoms with Crippen LogP contribution in [0.25, 0.3) is 11.3 Å². The Morgan fingerprint density at radius 2 is 2.15 bits per heavy atom. The third-order valence-corrected chi connectivity index (χ3v) is 5.05. The molecule has 136 valence electrons. The van der Waals surface area contributed by atoms with Crippen LogP contribution in [0.2, 0.25) is 0 Å². The number of aliphatic hydroxyl groups is 1. The van der Waals surface area contributed by atoms with Crippen molar-refractivity contribution in [2.75, 3.05) is 19.7 Å². The predicted molar refractivity (Wildman–Crippen MR) is 101 cm³/mol. The third-order valence-electron chi connectivity index (χ3n) is 5.05. The van der Waals surface area contributed by atoms with E-state index in [1.165, 1.54) is 18.4 Å². The minimum Gasteiger partial charge on any atom is -0.464 e. The highest BCUT2D eigenvalue weighted by Gasteiger charge is 2.23. The molecule has 0 bridgehead atoms. The van der Waals surface area contributed by atoms with Crippen molar-refractivity contribution < 1.29 is 9.52 Å². The fourth-order valence-electron chi connectivity index (χ4n) is 3.79.